The van der Waals surface area contributed by atoms with Gasteiger partial charge in [0.1, 0.15) is 11.9 Å². The number of benzene rings is 1. The molecule has 2 aromatic heterocycles. The molecule has 0 aliphatic heterocycles. The molecule has 130 valence electrons. The minimum Gasteiger partial charge on any atom is -0.339 e. The Morgan fingerprint density at radius 3 is 2.76 bits per heavy atom. The average Bonchev–Trinajstić information content (AvgIpc) is 3.28. The predicted octanol–water partition coefficient (Wildman–Crippen LogP) is 3.02. The molecule has 1 atom stereocenters. The van der Waals surface area contributed by atoms with Crippen molar-refractivity contribution < 1.29 is 9.18 Å². The van der Waals surface area contributed by atoms with E-state index in [4.69, 9.17) is 0 Å². The Kier molecular flexibility index (Phi) is 4.92. The van der Waals surface area contributed by atoms with Crippen molar-refractivity contribution in [1.82, 2.24) is 24.9 Å². The number of H-pyrrole nitrogens is 1. The van der Waals surface area contributed by atoms with Crippen molar-refractivity contribution in [1.29, 1.82) is 0 Å². The molecule has 25 heavy (non-hydrogen) atoms. The van der Waals surface area contributed by atoms with Crippen LogP contribution in [0.15, 0.2) is 48.9 Å². The summed E-state index contributed by atoms with van der Waals surface area (Å²) >= 11 is 0. The third kappa shape index (κ3) is 3.60. The highest BCUT2D eigenvalue weighted by Gasteiger charge is 2.23. The number of likely N-dealkylation sites (N-methyl/N-ethyl adjacent to an activating group) is 1. The molecule has 0 bridgehead atoms. The van der Waals surface area contributed by atoms with Gasteiger partial charge in [-0.05, 0) is 36.8 Å². The Hall–Kier alpha value is -2.96. The highest BCUT2D eigenvalue weighted by Crippen LogP contribution is 2.23. The summed E-state index contributed by atoms with van der Waals surface area (Å²) in [6, 6.07) is 7.65. The van der Waals surface area contributed by atoms with Crippen LogP contribution in [-0.2, 0) is 11.3 Å². The summed E-state index contributed by atoms with van der Waals surface area (Å²) in [6.45, 7) is 2.36. The van der Waals surface area contributed by atoms with Crippen molar-refractivity contribution in [2.75, 3.05) is 7.05 Å². The molecule has 2 heterocycles. The number of aromatic amines is 1. The van der Waals surface area contributed by atoms with Gasteiger partial charge in [-0.2, -0.15) is 10.2 Å². The lowest BCUT2D eigenvalue weighted by atomic mass is 10.1. The molecule has 0 unspecified atom stereocenters. The van der Waals surface area contributed by atoms with E-state index in [0.717, 1.165) is 16.8 Å². The van der Waals surface area contributed by atoms with Gasteiger partial charge in [0.05, 0.1) is 11.9 Å². The topological polar surface area (TPSA) is 66.8 Å². The second-order valence-corrected chi connectivity index (χ2v) is 5.88. The Bertz CT molecular complexity index is 826. The molecular formula is C18H20FN5O. The number of halogens is 1. The minimum atomic E-state index is -0.332. The van der Waals surface area contributed by atoms with E-state index in [0.29, 0.717) is 13.0 Å². The van der Waals surface area contributed by atoms with E-state index in [2.05, 4.69) is 15.3 Å². The van der Waals surface area contributed by atoms with Crippen LogP contribution in [0.4, 0.5) is 4.39 Å². The largest absolute Gasteiger partial charge is 0.339 e. The third-order valence-electron chi connectivity index (χ3n) is 4.15. The van der Waals surface area contributed by atoms with Crippen LogP contribution in [0.1, 0.15) is 24.9 Å². The molecule has 6 nitrogen and oxygen atoms in total. The SMILES string of the molecule is CC[C@H](C(=O)N(C)Cc1cn[nH]c1-c1ccc(F)cc1)n1cccn1. The Labute approximate surface area is 145 Å². The van der Waals surface area contributed by atoms with Crippen LogP contribution in [0.25, 0.3) is 11.3 Å². The molecule has 1 amide bonds. The molecular weight excluding hydrogens is 321 g/mol. The zero-order valence-corrected chi connectivity index (χ0v) is 14.2. The highest BCUT2D eigenvalue weighted by molar-refractivity contribution is 5.80. The standard InChI is InChI=1S/C18H20FN5O/c1-3-16(24-10-4-9-21-24)18(25)23(2)12-14-11-20-22-17(14)13-5-7-15(19)8-6-13/h4-11,16H,3,12H2,1-2H3,(H,20,22)/t16-/m1/s1. The van der Waals surface area contributed by atoms with Gasteiger partial charge in [0.15, 0.2) is 0 Å². The number of aromatic nitrogens is 4. The lowest BCUT2D eigenvalue weighted by Crippen LogP contribution is -2.34. The van der Waals surface area contributed by atoms with Gasteiger partial charge < -0.3 is 4.90 Å². The number of rotatable bonds is 6. The van der Waals surface area contributed by atoms with Crippen molar-refractivity contribution in [2.24, 2.45) is 0 Å². The summed E-state index contributed by atoms with van der Waals surface area (Å²) in [5.74, 6) is -0.306. The van der Waals surface area contributed by atoms with Gasteiger partial charge >= 0.3 is 0 Å². The second kappa shape index (κ2) is 7.29. The zero-order valence-electron chi connectivity index (χ0n) is 14.2. The van der Waals surface area contributed by atoms with Crippen LogP contribution >= 0.6 is 0 Å². The fraction of sp³-hybridized carbons (Fsp3) is 0.278. The first-order valence-corrected chi connectivity index (χ1v) is 8.12. The van der Waals surface area contributed by atoms with E-state index in [-0.39, 0.29) is 17.8 Å². The first kappa shape index (κ1) is 16.9. The van der Waals surface area contributed by atoms with Crippen LogP contribution in [0.2, 0.25) is 0 Å². The summed E-state index contributed by atoms with van der Waals surface area (Å²) in [4.78, 5) is 14.4. The Morgan fingerprint density at radius 2 is 2.12 bits per heavy atom. The molecule has 7 heteroatoms. The molecule has 0 aliphatic rings. The van der Waals surface area contributed by atoms with Gasteiger partial charge in [-0.1, -0.05) is 6.92 Å². The summed E-state index contributed by atoms with van der Waals surface area (Å²) in [6.07, 6.45) is 5.80. The molecule has 0 fully saturated rings. The van der Waals surface area contributed by atoms with Gasteiger partial charge in [-0.25, -0.2) is 4.39 Å². The summed E-state index contributed by atoms with van der Waals surface area (Å²) in [5.41, 5.74) is 2.48. The number of amides is 1. The van der Waals surface area contributed by atoms with Crippen molar-refractivity contribution in [3.63, 3.8) is 0 Å². The number of carbonyl (C=O) groups excluding carboxylic acids is 1. The second-order valence-electron chi connectivity index (χ2n) is 5.88. The fourth-order valence-corrected chi connectivity index (χ4v) is 2.83. The predicted molar refractivity (Wildman–Crippen MR) is 92.0 cm³/mol. The van der Waals surface area contributed by atoms with Crippen molar-refractivity contribution in [2.45, 2.75) is 25.9 Å². The molecule has 0 radical (unpaired) electrons. The van der Waals surface area contributed by atoms with Crippen LogP contribution in [-0.4, -0.2) is 37.8 Å². The number of nitrogens with zero attached hydrogens (tertiary/aromatic N) is 4. The van der Waals surface area contributed by atoms with Crippen LogP contribution in [0.3, 0.4) is 0 Å². The quantitative estimate of drug-likeness (QED) is 0.749. The van der Waals surface area contributed by atoms with E-state index >= 15 is 0 Å². The third-order valence-corrected chi connectivity index (χ3v) is 4.15. The van der Waals surface area contributed by atoms with Gasteiger partial charge in [0.2, 0.25) is 5.91 Å². The molecule has 0 saturated heterocycles. The number of hydrogen-bond donors (Lipinski definition) is 1. The zero-order chi connectivity index (χ0) is 17.8. The number of carbonyl (C=O) groups is 1. The van der Waals surface area contributed by atoms with E-state index in [1.165, 1.54) is 12.1 Å². The van der Waals surface area contributed by atoms with Crippen LogP contribution in [0.5, 0.6) is 0 Å². The molecule has 1 aromatic carbocycles. The highest BCUT2D eigenvalue weighted by atomic mass is 19.1. The summed E-state index contributed by atoms with van der Waals surface area (Å²) in [5, 5.41) is 11.2. The number of nitrogens with one attached hydrogen (secondary N) is 1. The normalized spacial score (nSPS) is 12.1. The lowest BCUT2D eigenvalue weighted by Gasteiger charge is -2.23. The lowest BCUT2D eigenvalue weighted by molar-refractivity contribution is -0.134. The van der Waals surface area contributed by atoms with Crippen LogP contribution < -0.4 is 0 Å². The van der Waals surface area contributed by atoms with E-state index in [1.54, 1.807) is 53.4 Å². The number of hydrogen-bond acceptors (Lipinski definition) is 3. The molecule has 0 saturated carbocycles. The van der Waals surface area contributed by atoms with Gasteiger partial charge in [-0.3, -0.25) is 14.6 Å². The smallest absolute Gasteiger partial charge is 0.247 e. The molecule has 3 aromatic rings. The van der Waals surface area contributed by atoms with E-state index in [9.17, 15) is 9.18 Å². The molecule has 1 N–H and O–H groups in total. The molecule has 3 rings (SSSR count). The monoisotopic (exact) mass is 341 g/mol. The molecule has 0 aliphatic carbocycles. The van der Waals surface area contributed by atoms with E-state index in [1.807, 2.05) is 6.92 Å². The van der Waals surface area contributed by atoms with Gasteiger partial charge in [0.25, 0.3) is 0 Å². The maximum absolute atomic E-state index is 13.1. The first-order valence-electron chi connectivity index (χ1n) is 8.12. The Balaban J connectivity index is 1.77. The van der Waals surface area contributed by atoms with Crippen molar-refractivity contribution in [3.8, 4) is 11.3 Å². The minimum absolute atomic E-state index is 0.0162. The van der Waals surface area contributed by atoms with Crippen molar-refractivity contribution >= 4 is 5.91 Å². The Morgan fingerprint density at radius 1 is 1.36 bits per heavy atom. The summed E-state index contributed by atoms with van der Waals surface area (Å²) in [7, 11) is 1.76. The van der Waals surface area contributed by atoms with Crippen LogP contribution in [0, 0.1) is 5.82 Å². The maximum Gasteiger partial charge on any atom is 0.247 e. The first-order chi connectivity index (χ1) is 12.1. The average molecular weight is 341 g/mol. The van der Waals surface area contributed by atoms with Gasteiger partial charge in [-0.15, -0.1) is 0 Å². The fourth-order valence-electron chi connectivity index (χ4n) is 2.83. The van der Waals surface area contributed by atoms with E-state index < -0.39 is 0 Å². The molecule has 0 spiro atoms. The maximum atomic E-state index is 13.1. The van der Waals surface area contributed by atoms with Crippen molar-refractivity contribution in [3.05, 3.63) is 60.3 Å². The van der Waals surface area contributed by atoms with Gasteiger partial charge in [0, 0.05) is 37.1 Å². The summed E-state index contributed by atoms with van der Waals surface area (Å²) < 4.78 is 14.8.